The lowest BCUT2D eigenvalue weighted by molar-refractivity contribution is 0.102. The van der Waals surface area contributed by atoms with Crippen LogP contribution in [0.3, 0.4) is 0 Å². The smallest absolute Gasteiger partial charge is 0.259 e. The van der Waals surface area contributed by atoms with Crippen molar-refractivity contribution in [1.29, 1.82) is 0 Å². The normalized spacial score (nSPS) is 12.6. The van der Waals surface area contributed by atoms with Crippen LogP contribution in [0.25, 0.3) is 0 Å². The summed E-state index contributed by atoms with van der Waals surface area (Å²) in [4.78, 5) is 21.7. The third kappa shape index (κ3) is 4.94. The van der Waals surface area contributed by atoms with Crippen LogP contribution in [0.4, 0.5) is 16.4 Å². The highest BCUT2D eigenvalue weighted by atomic mass is 32.1. The molecule has 0 radical (unpaired) electrons. The monoisotopic (exact) mass is 477 g/mol. The van der Waals surface area contributed by atoms with Crippen LogP contribution < -0.4 is 19.7 Å². The van der Waals surface area contributed by atoms with Crippen molar-refractivity contribution in [3.63, 3.8) is 0 Å². The van der Waals surface area contributed by atoms with Crippen molar-refractivity contribution in [1.82, 2.24) is 0 Å². The summed E-state index contributed by atoms with van der Waals surface area (Å²) < 4.78 is 10.7. The highest BCUT2D eigenvalue weighted by molar-refractivity contribution is 7.16. The van der Waals surface area contributed by atoms with Gasteiger partial charge >= 0.3 is 0 Å². The van der Waals surface area contributed by atoms with E-state index in [1.807, 2.05) is 6.21 Å². The average Bonchev–Trinajstić information content (AvgIpc) is 3.45. The van der Waals surface area contributed by atoms with Crippen molar-refractivity contribution < 1.29 is 14.3 Å². The zero-order valence-electron chi connectivity index (χ0n) is 20.2. The van der Waals surface area contributed by atoms with Crippen LogP contribution in [0.2, 0.25) is 0 Å². The lowest BCUT2D eigenvalue weighted by Gasteiger charge is -2.20. The number of nitrogens with zero attached hydrogens (tertiary/aromatic N) is 2. The average molecular weight is 478 g/mol. The van der Waals surface area contributed by atoms with E-state index in [1.165, 1.54) is 10.6 Å². The molecule has 1 amide bonds. The number of methoxy groups -OCH3 is 2. The highest BCUT2D eigenvalue weighted by Gasteiger charge is 2.27. The summed E-state index contributed by atoms with van der Waals surface area (Å²) in [5.74, 6) is 1.06. The van der Waals surface area contributed by atoms with Crippen molar-refractivity contribution in [2.75, 3.05) is 37.5 Å². The Bertz CT molecular complexity index is 1180. The van der Waals surface area contributed by atoms with Crippen molar-refractivity contribution in [3.05, 3.63) is 64.0 Å². The van der Waals surface area contributed by atoms with E-state index in [1.54, 1.807) is 43.8 Å². The number of amides is 1. The van der Waals surface area contributed by atoms with Gasteiger partial charge in [0.2, 0.25) is 0 Å². The molecule has 4 rings (SSSR count). The molecule has 3 aromatic rings. The molecular weight excluding hydrogens is 446 g/mol. The number of aryl methyl sites for hydroxylation is 1. The molecule has 1 aromatic heterocycles. The summed E-state index contributed by atoms with van der Waals surface area (Å²) in [5.41, 5.74) is 4.61. The summed E-state index contributed by atoms with van der Waals surface area (Å²) in [6.07, 6.45) is 4.82. The second kappa shape index (κ2) is 10.7. The Morgan fingerprint density at radius 2 is 1.85 bits per heavy atom. The van der Waals surface area contributed by atoms with Gasteiger partial charge in [-0.2, -0.15) is 0 Å². The molecule has 34 heavy (non-hydrogen) atoms. The summed E-state index contributed by atoms with van der Waals surface area (Å²) in [6, 6.07) is 13.7. The van der Waals surface area contributed by atoms with Crippen LogP contribution >= 0.6 is 11.3 Å². The molecule has 1 aliphatic carbocycles. The first-order valence-corrected chi connectivity index (χ1v) is 12.5. The molecule has 0 bridgehead atoms. The number of rotatable bonds is 9. The third-order valence-electron chi connectivity index (χ3n) is 6.14. The van der Waals surface area contributed by atoms with Gasteiger partial charge in [0.05, 0.1) is 25.5 Å². The number of nitrogens with one attached hydrogen (secondary N) is 1. The Balaban J connectivity index is 1.59. The van der Waals surface area contributed by atoms with Crippen molar-refractivity contribution in [3.8, 4) is 11.5 Å². The molecule has 6 nitrogen and oxygen atoms in total. The first kappa shape index (κ1) is 23.8. The van der Waals surface area contributed by atoms with Crippen molar-refractivity contribution in [2.45, 2.75) is 33.1 Å². The molecule has 2 aromatic carbocycles. The van der Waals surface area contributed by atoms with E-state index < -0.39 is 0 Å². The first-order valence-electron chi connectivity index (χ1n) is 11.6. The largest absolute Gasteiger partial charge is 0.497 e. The fourth-order valence-corrected chi connectivity index (χ4v) is 5.53. The van der Waals surface area contributed by atoms with Crippen LogP contribution in [0.15, 0.2) is 47.5 Å². The number of anilines is 2. The topological polar surface area (TPSA) is 63.2 Å². The van der Waals surface area contributed by atoms with Gasteiger partial charge in [0.15, 0.2) is 0 Å². The molecule has 0 atom stereocenters. The lowest BCUT2D eigenvalue weighted by atomic mass is 10.1. The number of thiophene rings is 1. The van der Waals surface area contributed by atoms with E-state index in [4.69, 9.17) is 14.5 Å². The Kier molecular flexibility index (Phi) is 7.53. The second-order valence-corrected chi connectivity index (χ2v) is 9.16. The van der Waals surface area contributed by atoms with Gasteiger partial charge in [0.1, 0.15) is 16.5 Å². The number of benzene rings is 2. The maximum atomic E-state index is 13.4. The molecule has 178 valence electrons. The van der Waals surface area contributed by atoms with Crippen LogP contribution in [0.5, 0.6) is 11.5 Å². The molecule has 1 heterocycles. The van der Waals surface area contributed by atoms with Gasteiger partial charge in [-0.1, -0.05) is 12.1 Å². The van der Waals surface area contributed by atoms with Gasteiger partial charge < -0.3 is 19.7 Å². The molecule has 0 saturated heterocycles. The van der Waals surface area contributed by atoms with E-state index >= 15 is 0 Å². The minimum absolute atomic E-state index is 0.160. The van der Waals surface area contributed by atoms with E-state index in [0.29, 0.717) is 22.7 Å². The summed E-state index contributed by atoms with van der Waals surface area (Å²) >= 11 is 1.62. The van der Waals surface area contributed by atoms with Crippen molar-refractivity contribution >= 4 is 39.8 Å². The maximum absolute atomic E-state index is 13.4. The van der Waals surface area contributed by atoms with Gasteiger partial charge in [0, 0.05) is 35.9 Å². The lowest BCUT2D eigenvalue weighted by Crippen LogP contribution is -2.21. The molecule has 7 heteroatoms. The predicted octanol–water partition coefficient (Wildman–Crippen LogP) is 6.10. The highest BCUT2D eigenvalue weighted by Crippen LogP contribution is 2.41. The Hall–Kier alpha value is -3.32. The molecule has 0 unspecified atom stereocenters. The maximum Gasteiger partial charge on any atom is 0.259 e. The van der Waals surface area contributed by atoms with Gasteiger partial charge in [-0.3, -0.25) is 4.79 Å². The third-order valence-corrected chi connectivity index (χ3v) is 7.34. The number of carbonyl (C=O) groups is 1. The minimum atomic E-state index is -0.160. The molecule has 1 N–H and O–H groups in total. The van der Waals surface area contributed by atoms with Crippen LogP contribution in [0, 0.1) is 0 Å². The quantitative estimate of drug-likeness (QED) is 0.378. The summed E-state index contributed by atoms with van der Waals surface area (Å²) in [6.45, 7) is 6.26. The van der Waals surface area contributed by atoms with Gasteiger partial charge in [-0.05, 0) is 68.5 Å². The number of fused-ring (bicyclic) bond motifs is 1. The molecule has 1 aliphatic rings. The van der Waals surface area contributed by atoms with Crippen LogP contribution in [0.1, 0.15) is 46.6 Å². The molecule has 0 aliphatic heterocycles. The molecule has 0 spiro atoms. The number of ether oxygens (including phenoxy) is 2. The van der Waals surface area contributed by atoms with Crippen molar-refractivity contribution in [2.24, 2.45) is 4.99 Å². The van der Waals surface area contributed by atoms with E-state index in [0.717, 1.165) is 48.5 Å². The SMILES string of the molecule is CCN(CC)c1ccc(C=Nc2sc3c(c2C(=O)Nc2ccc(OC)cc2OC)CCC3)cc1. The second-order valence-electron chi connectivity index (χ2n) is 8.08. The Labute approximate surface area is 205 Å². The predicted molar refractivity (Wildman–Crippen MR) is 141 cm³/mol. The Morgan fingerprint density at radius 3 is 2.53 bits per heavy atom. The van der Waals surface area contributed by atoms with Gasteiger partial charge in [-0.15, -0.1) is 11.3 Å². The summed E-state index contributed by atoms with van der Waals surface area (Å²) in [5, 5.41) is 3.78. The van der Waals surface area contributed by atoms with Crippen LogP contribution in [-0.2, 0) is 12.8 Å². The zero-order valence-corrected chi connectivity index (χ0v) is 21.0. The van der Waals surface area contributed by atoms with E-state index in [-0.39, 0.29) is 5.91 Å². The van der Waals surface area contributed by atoms with Gasteiger partial charge in [-0.25, -0.2) is 4.99 Å². The Morgan fingerprint density at radius 1 is 1.09 bits per heavy atom. The van der Waals surface area contributed by atoms with E-state index in [9.17, 15) is 4.79 Å². The number of aliphatic imine (C=N–C) groups is 1. The first-order chi connectivity index (χ1) is 16.6. The molecular formula is C27H31N3O3S. The van der Waals surface area contributed by atoms with Crippen LogP contribution in [-0.4, -0.2) is 39.4 Å². The number of hydrogen-bond acceptors (Lipinski definition) is 6. The number of carbonyl (C=O) groups excluding carboxylic acids is 1. The fourth-order valence-electron chi connectivity index (χ4n) is 4.29. The molecule has 0 saturated carbocycles. The standard InChI is InChI=1S/C27H31N3O3S/c1-5-30(6-2)19-12-10-18(11-13-19)17-28-27-25(21-8-7-9-24(21)34-27)26(31)29-22-15-14-20(32-3)16-23(22)33-4/h10-17H,5-9H2,1-4H3,(H,29,31). The minimum Gasteiger partial charge on any atom is -0.497 e. The number of hydrogen-bond donors (Lipinski definition) is 1. The van der Waals surface area contributed by atoms with E-state index in [2.05, 4.69) is 48.3 Å². The fraction of sp³-hybridized carbons (Fsp3) is 0.333. The zero-order chi connectivity index (χ0) is 24.1. The van der Waals surface area contributed by atoms with Gasteiger partial charge in [0.25, 0.3) is 5.91 Å². The summed E-state index contributed by atoms with van der Waals surface area (Å²) in [7, 11) is 3.18. The molecule has 0 fully saturated rings.